The van der Waals surface area contributed by atoms with Crippen LogP contribution in [0.1, 0.15) is 32.8 Å². The van der Waals surface area contributed by atoms with Gasteiger partial charge in [-0.15, -0.1) is 0 Å². The summed E-state index contributed by atoms with van der Waals surface area (Å²) in [6.45, 7) is 7.81. The molecule has 0 amide bonds. The minimum Gasteiger partial charge on any atom is -0.314 e. The van der Waals surface area contributed by atoms with Crippen LogP contribution in [0.15, 0.2) is 28.7 Å². The van der Waals surface area contributed by atoms with Crippen LogP contribution in [0.5, 0.6) is 0 Å². The van der Waals surface area contributed by atoms with Crippen molar-refractivity contribution in [1.29, 1.82) is 0 Å². The lowest BCUT2D eigenvalue weighted by Gasteiger charge is -2.15. The molecule has 0 bridgehead atoms. The Balaban J connectivity index is 2.31. The highest BCUT2D eigenvalue weighted by Gasteiger charge is 2.05. The van der Waals surface area contributed by atoms with Crippen LogP contribution < -0.4 is 5.32 Å². The van der Waals surface area contributed by atoms with Gasteiger partial charge in [-0.1, -0.05) is 54.9 Å². The van der Waals surface area contributed by atoms with E-state index in [1.165, 1.54) is 16.5 Å². The van der Waals surface area contributed by atoms with Gasteiger partial charge >= 0.3 is 0 Å². The topological polar surface area (TPSA) is 12.0 Å². The summed E-state index contributed by atoms with van der Waals surface area (Å²) >= 11 is 3.59. The summed E-state index contributed by atoms with van der Waals surface area (Å²) in [6.07, 6.45) is 2.39. The van der Waals surface area contributed by atoms with Crippen molar-refractivity contribution in [3.05, 3.63) is 34.3 Å². The van der Waals surface area contributed by atoms with Crippen LogP contribution in [-0.4, -0.2) is 12.6 Å². The number of benzene rings is 1. The van der Waals surface area contributed by atoms with Crippen molar-refractivity contribution in [3.8, 4) is 0 Å². The molecule has 0 radical (unpaired) electrons. The lowest BCUT2D eigenvalue weighted by Crippen LogP contribution is -2.28. The van der Waals surface area contributed by atoms with Gasteiger partial charge in [-0.25, -0.2) is 0 Å². The zero-order valence-electron chi connectivity index (χ0n) is 10.5. The highest BCUT2D eigenvalue weighted by molar-refractivity contribution is 9.10. The summed E-state index contributed by atoms with van der Waals surface area (Å²) in [4.78, 5) is 0. The summed E-state index contributed by atoms with van der Waals surface area (Å²) in [5.41, 5.74) is 1.42. The van der Waals surface area contributed by atoms with Gasteiger partial charge in [0.1, 0.15) is 0 Å². The van der Waals surface area contributed by atoms with Gasteiger partial charge in [-0.3, -0.25) is 0 Å². The molecule has 1 atom stereocenters. The van der Waals surface area contributed by atoms with E-state index in [4.69, 9.17) is 0 Å². The minimum absolute atomic E-state index is 0.589. The summed E-state index contributed by atoms with van der Waals surface area (Å²) < 4.78 is 1.24. The van der Waals surface area contributed by atoms with Gasteiger partial charge in [0.2, 0.25) is 0 Å². The number of hydrogen-bond acceptors (Lipinski definition) is 1. The lowest BCUT2D eigenvalue weighted by molar-refractivity contribution is 0.453. The van der Waals surface area contributed by atoms with Crippen molar-refractivity contribution >= 4 is 15.9 Å². The predicted octanol–water partition coefficient (Wildman–Crippen LogP) is 4.02. The van der Waals surface area contributed by atoms with E-state index in [9.17, 15) is 0 Å². The molecule has 0 aliphatic carbocycles. The molecule has 0 fully saturated rings. The van der Waals surface area contributed by atoms with Crippen LogP contribution in [-0.2, 0) is 6.42 Å². The molecule has 0 saturated carbocycles. The van der Waals surface area contributed by atoms with Crippen LogP contribution in [0, 0.1) is 5.92 Å². The van der Waals surface area contributed by atoms with Crippen molar-refractivity contribution in [2.75, 3.05) is 6.54 Å². The molecule has 0 aliphatic rings. The van der Waals surface area contributed by atoms with Crippen molar-refractivity contribution in [1.82, 2.24) is 5.32 Å². The second-order valence-electron chi connectivity index (χ2n) is 4.80. The highest BCUT2D eigenvalue weighted by atomic mass is 79.9. The number of hydrogen-bond donors (Lipinski definition) is 1. The Labute approximate surface area is 108 Å². The molecule has 1 aromatic rings. The first-order chi connectivity index (χ1) is 7.59. The maximum absolute atomic E-state index is 3.59. The summed E-state index contributed by atoms with van der Waals surface area (Å²) in [5, 5.41) is 3.48. The summed E-state index contributed by atoms with van der Waals surface area (Å²) in [5.74, 6) is 0.731. The molecule has 1 nitrogen and oxygen atoms in total. The second-order valence-corrected chi connectivity index (χ2v) is 5.65. The Bertz CT molecular complexity index is 309. The average molecular weight is 284 g/mol. The minimum atomic E-state index is 0.589. The van der Waals surface area contributed by atoms with Gasteiger partial charge in [0.05, 0.1) is 0 Å². The fourth-order valence-corrected chi connectivity index (χ4v) is 2.13. The molecule has 16 heavy (non-hydrogen) atoms. The number of aryl methyl sites for hydroxylation is 1. The molecule has 1 aromatic carbocycles. The predicted molar refractivity (Wildman–Crippen MR) is 74.8 cm³/mol. The molecule has 1 rings (SSSR count). The van der Waals surface area contributed by atoms with E-state index in [0.717, 1.165) is 18.9 Å². The molecule has 90 valence electrons. The standard InChI is InChI=1S/C14H22BrN/c1-11(2)16-10-12(3)8-9-13-6-4-5-7-14(13)15/h4-7,11-12,16H,8-10H2,1-3H3. The monoisotopic (exact) mass is 283 g/mol. The van der Waals surface area contributed by atoms with E-state index in [1.807, 2.05) is 0 Å². The maximum atomic E-state index is 3.59. The Morgan fingerprint density at radius 1 is 1.19 bits per heavy atom. The number of halogens is 1. The number of nitrogens with one attached hydrogen (secondary N) is 1. The van der Waals surface area contributed by atoms with E-state index >= 15 is 0 Å². The lowest BCUT2D eigenvalue weighted by atomic mass is 10.0. The maximum Gasteiger partial charge on any atom is 0.0207 e. The van der Waals surface area contributed by atoms with Gasteiger partial charge in [0.25, 0.3) is 0 Å². The third-order valence-corrected chi connectivity index (χ3v) is 3.51. The van der Waals surface area contributed by atoms with Crippen LogP contribution in [0.2, 0.25) is 0 Å². The molecule has 0 spiro atoms. The van der Waals surface area contributed by atoms with E-state index < -0.39 is 0 Å². The quantitative estimate of drug-likeness (QED) is 0.832. The first-order valence-electron chi connectivity index (χ1n) is 6.06. The van der Waals surface area contributed by atoms with E-state index in [0.29, 0.717) is 6.04 Å². The SMILES string of the molecule is CC(CCc1ccccc1Br)CNC(C)C. The molecule has 0 saturated heterocycles. The van der Waals surface area contributed by atoms with Gasteiger partial charge in [0.15, 0.2) is 0 Å². The van der Waals surface area contributed by atoms with Gasteiger partial charge in [0, 0.05) is 10.5 Å². The van der Waals surface area contributed by atoms with Crippen LogP contribution in [0.3, 0.4) is 0 Å². The van der Waals surface area contributed by atoms with Gasteiger partial charge < -0.3 is 5.32 Å². The molecule has 0 heterocycles. The smallest absolute Gasteiger partial charge is 0.0207 e. The first kappa shape index (κ1) is 13.7. The Hall–Kier alpha value is -0.340. The molecular weight excluding hydrogens is 262 g/mol. The van der Waals surface area contributed by atoms with E-state index in [1.54, 1.807) is 0 Å². The molecule has 1 unspecified atom stereocenters. The summed E-state index contributed by atoms with van der Waals surface area (Å²) in [7, 11) is 0. The molecule has 0 aliphatic heterocycles. The largest absolute Gasteiger partial charge is 0.314 e. The van der Waals surface area contributed by atoms with E-state index in [2.05, 4.69) is 66.3 Å². The zero-order valence-corrected chi connectivity index (χ0v) is 12.0. The first-order valence-corrected chi connectivity index (χ1v) is 6.85. The molecule has 2 heteroatoms. The third-order valence-electron chi connectivity index (χ3n) is 2.74. The Kier molecular flexibility index (Phi) is 6.07. The van der Waals surface area contributed by atoms with E-state index in [-0.39, 0.29) is 0 Å². The van der Waals surface area contributed by atoms with Crippen molar-refractivity contribution in [3.63, 3.8) is 0 Å². The second kappa shape index (κ2) is 7.08. The highest BCUT2D eigenvalue weighted by Crippen LogP contribution is 2.19. The third kappa shape index (κ3) is 5.13. The fraction of sp³-hybridized carbons (Fsp3) is 0.571. The molecule has 1 N–H and O–H groups in total. The Morgan fingerprint density at radius 2 is 1.88 bits per heavy atom. The zero-order chi connectivity index (χ0) is 12.0. The van der Waals surface area contributed by atoms with Crippen LogP contribution >= 0.6 is 15.9 Å². The van der Waals surface area contributed by atoms with Crippen molar-refractivity contribution in [2.45, 2.75) is 39.7 Å². The van der Waals surface area contributed by atoms with Crippen molar-refractivity contribution in [2.24, 2.45) is 5.92 Å². The Morgan fingerprint density at radius 3 is 2.50 bits per heavy atom. The van der Waals surface area contributed by atoms with Gasteiger partial charge in [-0.05, 0) is 36.9 Å². The molecular formula is C14H22BrN. The normalized spacial score (nSPS) is 13.1. The van der Waals surface area contributed by atoms with Gasteiger partial charge in [-0.2, -0.15) is 0 Å². The average Bonchev–Trinajstić information content (AvgIpc) is 2.25. The van der Waals surface area contributed by atoms with Crippen LogP contribution in [0.4, 0.5) is 0 Å². The van der Waals surface area contributed by atoms with Crippen LogP contribution in [0.25, 0.3) is 0 Å². The van der Waals surface area contributed by atoms with Crippen molar-refractivity contribution < 1.29 is 0 Å². The fourth-order valence-electron chi connectivity index (χ4n) is 1.64. The summed E-state index contributed by atoms with van der Waals surface area (Å²) in [6, 6.07) is 9.08. The number of rotatable bonds is 6. The molecule has 0 aromatic heterocycles.